The molecule has 0 saturated carbocycles. The Bertz CT molecular complexity index is 1120. The fraction of sp³-hybridized carbons (Fsp3) is 0.870. The highest BCUT2D eigenvalue weighted by molar-refractivity contribution is 7.45. The molecule has 0 bridgehead atoms. The zero-order chi connectivity index (χ0) is 46.4. The fourth-order valence-electron chi connectivity index (χ4n) is 7.83. The molecule has 3 unspecified atom stereocenters. The van der Waals surface area contributed by atoms with Crippen LogP contribution >= 0.6 is 7.82 Å². The average molecular weight is 909 g/mol. The summed E-state index contributed by atoms with van der Waals surface area (Å²) in [6.07, 6.45) is 57.9. The van der Waals surface area contributed by atoms with Gasteiger partial charge in [0.2, 0.25) is 5.91 Å². The first-order valence-electron chi connectivity index (χ1n) is 26.9. The minimum atomic E-state index is -4.60. The Morgan fingerprint density at radius 3 is 1.29 bits per heavy atom. The molecule has 0 aromatic rings. The van der Waals surface area contributed by atoms with E-state index in [0.29, 0.717) is 17.4 Å². The number of hydrogen-bond donors (Lipinski definition) is 2. The molecule has 8 nitrogen and oxygen atoms in total. The third-order valence-corrected chi connectivity index (χ3v) is 13.0. The Kier molecular flexibility index (Phi) is 44.9. The zero-order valence-electron chi connectivity index (χ0n) is 42.3. The van der Waals surface area contributed by atoms with Crippen LogP contribution in [0.5, 0.6) is 0 Å². The van der Waals surface area contributed by atoms with Gasteiger partial charge in [0.15, 0.2) is 0 Å². The van der Waals surface area contributed by atoms with Gasteiger partial charge >= 0.3 is 0 Å². The van der Waals surface area contributed by atoms with Gasteiger partial charge in [0, 0.05) is 6.42 Å². The third kappa shape index (κ3) is 48.5. The number of hydrogen-bond acceptors (Lipinski definition) is 6. The lowest BCUT2D eigenvalue weighted by Gasteiger charge is -2.29. The standard InChI is InChI=1S/C54H105N2O6P/c1-6-8-10-12-14-16-18-20-22-23-24-25-26-27-28-29-30-31-32-34-35-37-39-41-43-45-47-53(57)52(51-62-63(59,60)61-50-49-56(3,4)5)55-54(58)48-46-44-42-40-38-36-33-21-19-17-15-13-11-9-7-2/h31-32,37,39,45,47,52-53,57H,6-30,33-36,38,40-44,46,48-51H2,1-5H3,(H-,55,58,59,60)/b32-31+,39-37+,47-45+. The topological polar surface area (TPSA) is 108 Å². The first kappa shape index (κ1) is 61.7. The molecule has 2 N–H and O–H groups in total. The van der Waals surface area contributed by atoms with Crippen LogP contribution in [0, 0.1) is 0 Å². The predicted octanol–water partition coefficient (Wildman–Crippen LogP) is 15.2. The molecule has 9 heteroatoms. The van der Waals surface area contributed by atoms with E-state index in [0.717, 1.165) is 44.9 Å². The summed E-state index contributed by atoms with van der Waals surface area (Å²) in [7, 11) is 1.24. The molecule has 0 aliphatic heterocycles. The molecule has 0 spiro atoms. The second-order valence-corrected chi connectivity index (χ2v) is 21.0. The van der Waals surface area contributed by atoms with Crippen LogP contribution in [0.25, 0.3) is 0 Å². The maximum Gasteiger partial charge on any atom is 0.268 e. The van der Waals surface area contributed by atoms with Gasteiger partial charge < -0.3 is 28.8 Å². The average Bonchev–Trinajstić information content (AvgIpc) is 3.24. The van der Waals surface area contributed by atoms with E-state index in [1.165, 1.54) is 186 Å². The number of aliphatic hydroxyl groups excluding tert-OH is 1. The molecule has 63 heavy (non-hydrogen) atoms. The smallest absolute Gasteiger partial charge is 0.268 e. The molecule has 0 saturated heterocycles. The van der Waals surface area contributed by atoms with Gasteiger partial charge in [-0.1, -0.05) is 237 Å². The Balaban J connectivity index is 4.30. The molecule has 0 aromatic carbocycles. The second kappa shape index (κ2) is 45.9. The van der Waals surface area contributed by atoms with Crippen LogP contribution in [-0.4, -0.2) is 68.5 Å². The number of nitrogens with one attached hydrogen (secondary N) is 1. The molecule has 0 aromatic heterocycles. The van der Waals surface area contributed by atoms with Crippen molar-refractivity contribution in [1.82, 2.24) is 5.32 Å². The summed E-state index contributed by atoms with van der Waals surface area (Å²) in [6, 6.07) is -0.907. The normalized spacial score (nSPS) is 14.3. The van der Waals surface area contributed by atoms with E-state index >= 15 is 0 Å². The molecule has 372 valence electrons. The highest BCUT2D eigenvalue weighted by Gasteiger charge is 2.23. The molecule has 0 radical (unpaired) electrons. The van der Waals surface area contributed by atoms with Gasteiger partial charge in [0.05, 0.1) is 39.9 Å². The van der Waals surface area contributed by atoms with Gasteiger partial charge in [0.25, 0.3) is 7.82 Å². The van der Waals surface area contributed by atoms with Crippen LogP contribution < -0.4 is 10.2 Å². The van der Waals surface area contributed by atoms with E-state index < -0.39 is 26.6 Å². The van der Waals surface area contributed by atoms with Crippen molar-refractivity contribution in [2.24, 2.45) is 0 Å². The van der Waals surface area contributed by atoms with Crippen molar-refractivity contribution in [2.45, 2.75) is 264 Å². The number of carbonyl (C=O) groups excluding carboxylic acids is 1. The summed E-state index contributed by atoms with van der Waals surface area (Å²) in [6.45, 7) is 4.64. The quantitative estimate of drug-likeness (QED) is 0.0272. The molecule has 1 amide bonds. The number of allylic oxidation sites excluding steroid dienone is 5. The molecule has 0 aliphatic carbocycles. The molecular formula is C54H105N2O6P. The first-order chi connectivity index (χ1) is 30.5. The molecule has 0 aliphatic rings. The molecule has 0 heterocycles. The van der Waals surface area contributed by atoms with Crippen LogP contribution in [0.1, 0.15) is 251 Å². The highest BCUT2D eigenvalue weighted by Crippen LogP contribution is 2.38. The van der Waals surface area contributed by atoms with Crippen LogP contribution in [0.4, 0.5) is 0 Å². The summed E-state index contributed by atoms with van der Waals surface area (Å²) >= 11 is 0. The third-order valence-electron chi connectivity index (χ3n) is 12.1. The lowest BCUT2D eigenvalue weighted by atomic mass is 10.0. The minimum Gasteiger partial charge on any atom is -0.756 e. The van der Waals surface area contributed by atoms with E-state index in [1.54, 1.807) is 6.08 Å². The maximum atomic E-state index is 12.9. The highest BCUT2D eigenvalue weighted by atomic mass is 31.2. The molecule has 3 atom stereocenters. The minimum absolute atomic E-state index is 0.00759. The van der Waals surface area contributed by atoms with Crippen molar-refractivity contribution < 1.29 is 32.9 Å². The lowest BCUT2D eigenvalue weighted by molar-refractivity contribution is -0.870. The van der Waals surface area contributed by atoms with Crippen molar-refractivity contribution in [3.05, 3.63) is 36.5 Å². The van der Waals surface area contributed by atoms with Crippen LogP contribution in [0.3, 0.4) is 0 Å². The summed E-state index contributed by atoms with van der Waals surface area (Å²) in [5.41, 5.74) is 0. The largest absolute Gasteiger partial charge is 0.756 e. The van der Waals surface area contributed by atoms with Gasteiger partial charge in [-0.3, -0.25) is 9.36 Å². The number of amides is 1. The van der Waals surface area contributed by atoms with Crippen molar-refractivity contribution >= 4 is 13.7 Å². The molecule has 0 rings (SSSR count). The van der Waals surface area contributed by atoms with Gasteiger partial charge in [-0.05, 0) is 44.9 Å². The first-order valence-corrected chi connectivity index (χ1v) is 28.3. The number of quaternary nitrogens is 1. The van der Waals surface area contributed by atoms with E-state index in [2.05, 4.69) is 43.5 Å². The Labute approximate surface area is 391 Å². The number of unbranched alkanes of at least 4 members (excludes halogenated alkanes) is 32. The Hall–Kier alpha value is -1.28. The van der Waals surface area contributed by atoms with Gasteiger partial charge in [0.1, 0.15) is 13.2 Å². The number of nitrogens with zero attached hydrogens (tertiary/aromatic N) is 1. The Morgan fingerprint density at radius 1 is 0.540 bits per heavy atom. The summed E-state index contributed by atoms with van der Waals surface area (Å²) in [5, 5.41) is 13.8. The predicted molar refractivity (Wildman–Crippen MR) is 270 cm³/mol. The SMILES string of the molecule is CCCCCCCCCCCCCCCCCC/C=C/CC/C=C/CC/C=C/C(O)C(COP(=O)([O-])OCC[N+](C)(C)C)NC(=O)CCCCCCCCCCCCCCCCC. The van der Waals surface area contributed by atoms with Gasteiger partial charge in [-0.15, -0.1) is 0 Å². The maximum absolute atomic E-state index is 12.9. The van der Waals surface area contributed by atoms with Crippen molar-refractivity contribution in [3.8, 4) is 0 Å². The van der Waals surface area contributed by atoms with E-state index in [9.17, 15) is 19.4 Å². The monoisotopic (exact) mass is 909 g/mol. The lowest BCUT2D eigenvalue weighted by Crippen LogP contribution is -2.45. The number of aliphatic hydroxyl groups is 1. The van der Waals surface area contributed by atoms with Crippen molar-refractivity contribution in [3.63, 3.8) is 0 Å². The molecular weight excluding hydrogens is 804 g/mol. The van der Waals surface area contributed by atoms with Crippen LogP contribution in [0.15, 0.2) is 36.5 Å². The summed E-state index contributed by atoms with van der Waals surface area (Å²) in [4.78, 5) is 25.4. The fourth-order valence-corrected chi connectivity index (χ4v) is 8.56. The van der Waals surface area contributed by atoms with Gasteiger partial charge in [-0.25, -0.2) is 0 Å². The zero-order valence-corrected chi connectivity index (χ0v) is 43.2. The van der Waals surface area contributed by atoms with E-state index in [4.69, 9.17) is 9.05 Å². The number of phosphoric acid groups is 1. The number of likely N-dealkylation sites (N-methyl/N-ethyl adjacent to an activating group) is 1. The summed E-state index contributed by atoms with van der Waals surface area (Å²) in [5.74, 6) is -0.209. The Morgan fingerprint density at radius 2 is 0.889 bits per heavy atom. The molecule has 0 fully saturated rings. The van der Waals surface area contributed by atoms with Crippen LogP contribution in [0.2, 0.25) is 0 Å². The number of carbonyl (C=O) groups is 1. The van der Waals surface area contributed by atoms with Crippen LogP contribution in [-0.2, 0) is 18.4 Å². The van der Waals surface area contributed by atoms with Crippen molar-refractivity contribution in [2.75, 3.05) is 40.9 Å². The van der Waals surface area contributed by atoms with E-state index in [-0.39, 0.29) is 12.5 Å². The second-order valence-electron chi connectivity index (χ2n) is 19.6. The summed E-state index contributed by atoms with van der Waals surface area (Å²) < 4.78 is 23.3. The number of rotatable bonds is 49. The van der Waals surface area contributed by atoms with Gasteiger partial charge in [-0.2, -0.15) is 0 Å². The van der Waals surface area contributed by atoms with Crippen molar-refractivity contribution in [1.29, 1.82) is 0 Å². The van der Waals surface area contributed by atoms with E-state index in [1.807, 2.05) is 27.2 Å². The number of phosphoric ester groups is 1.